The minimum absolute atomic E-state index is 0.0367. The Morgan fingerprint density at radius 2 is 1.88 bits per heavy atom. The summed E-state index contributed by atoms with van der Waals surface area (Å²) in [4.78, 5) is 27.6. The maximum atomic E-state index is 13.1. The molecule has 0 bridgehead atoms. The molecule has 2 aromatic carbocycles. The van der Waals surface area contributed by atoms with Gasteiger partial charge in [0, 0.05) is 35.9 Å². The van der Waals surface area contributed by atoms with Crippen molar-refractivity contribution in [3.05, 3.63) is 89.5 Å². The van der Waals surface area contributed by atoms with Crippen molar-refractivity contribution in [1.82, 2.24) is 26.0 Å². The molecule has 3 aliphatic heterocycles. The van der Waals surface area contributed by atoms with Crippen LogP contribution in [0.2, 0.25) is 0 Å². The first-order valence-electron chi connectivity index (χ1n) is 13.8. The number of benzene rings is 2. The Labute approximate surface area is 233 Å². The summed E-state index contributed by atoms with van der Waals surface area (Å²) < 4.78 is 12.0. The second-order valence-electron chi connectivity index (χ2n) is 10.5. The van der Waals surface area contributed by atoms with Crippen LogP contribution in [0.25, 0.3) is 0 Å². The normalized spacial score (nSPS) is 18.0. The summed E-state index contributed by atoms with van der Waals surface area (Å²) in [5.74, 6) is 3.08. The monoisotopic (exact) mass is 542 g/mol. The second-order valence-corrected chi connectivity index (χ2v) is 10.5. The summed E-state index contributed by atoms with van der Waals surface area (Å²) >= 11 is 0. The van der Waals surface area contributed by atoms with Crippen LogP contribution in [0.1, 0.15) is 41.6 Å². The Kier molecular flexibility index (Phi) is 7.33. The highest BCUT2D eigenvalue weighted by atomic mass is 16.5. The van der Waals surface area contributed by atoms with E-state index in [9.17, 15) is 9.59 Å². The quantitative estimate of drug-likeness (QED) is 0.361. The molecular formula is C30H34N6O4. The molecule has 1 saturated carbocycles. The number of hydrogen-bond acceptors (Lipinski definition) is 8. The van der Waals surface area contributed by atoms with E-state index in [1.54, 1.807) is 35.5 Å². The van der Waals surface area contributed by atoms with Crippen molar-refractivity contribution in [3.63, 3.8) is 0 Å². The summed E-state index contributed by atoms with van der Waals surface area (Å²) in [6.07, 6.45) is 9.82. The molecule has 4 aliphatic rings. The van der Waals surface area contributed by atoms with Gasteiger partial charge in [0.1, 0.15) is 29.7 Å². The number of hydrazine groups is 1. The van der Waals surface area contributed by atoms with Gasteiger partial charge >= 0.3 is 0 Å². The number of anilines is 1. The zero-order valence-electron chi connectivity index (χ0n) is 22.5. The van der Waals surface area contributed by atoms with Crippen LogP contribution in [0, 0.1) is 12.8 Å². The van der Waals surface area contributed by atoms with E-state index in [0.717, 1.165) is 43.9 Å². The third-order valence-corrected chi connectivity index (χ3v) is 7.27. The lowest BCUT2D eigenvalue weighted by Crippen LogP contribution is -2.37. The van der Waals surface area contributed by atoms with Crippen molar-refractivity contribution in [2.24, 2.45) is 5.92 Å². The van der Waals surface area contributed by atoms with Gasteiger partial charge in [0.15, 0.2) is 0 Å². The molecule has 40 heavy (non-hydrogen) atoms. The zero-order valence-corrected chi connectivity index (χ0v) is 22.5. The lowest BCUT2D eigenvalue weighted by atomic mass is 10.1. The molecule has 0 aromatic heterocycles. The first-order chi connectivity index (χ1) is 19.5. The van der Waals surface area contributed by atoms with E-state index in [0.29, 0.717) is 41.1 Å². The molecule has 2 fully saturated rings. The summed E-state index contributed by atoms with van der Waals surface area (Å²) in [6.45, 7) is 5.69. The van der Waals surface area contributed by atoms with Crippen LogP contribution in [0.3, 0.4) is 0 Å². The maximum absolute atomic E-state index is 13.1. The van der Waals surface area contributed by atoms with Crippen molar-refractivity contribution < 1.29 is 19.1 Å². The molecule has 10 nitrogen and oxygen atoms in total. The fourth-order valence-corrected chi connectivity index (χ4v) is 4.80. The van der Waals surface area contributed by atoms with Crippen molar-refractivity contribution in [2.75, 3.05) is 31.6 Å². The highest BCUT2D eigenvalue weighted by Crippen LogP contribution is 2.30. The Bertz CT molecular complexity index is 1390. The average Bonchev–Trinajstić information content (AvgIpc) is 3.54. The Morgan fingerprint density at radius 3 is 2.70 bits per heavy atom. The van der Waals surface area contributed by atoms with Crippen molar-refractivity contribution in [2.45, 2.75) is 32.6 Å². The van der Waals surface area contributed by atoms with Gasteiger partial charge in [-0.1, -0.05) is 12.1 Å². The molecule has 1 aliphatic carbocycles. The predicted octanol–water partition coefficient (Wildman–Crippen LogP) is 3.53. The molecule has 6 rings (SSSR count). The first-order valence-corrected chi connectivity index (χ1v) is 13.8. The average molecular weight is 543 g/mol. The largest absolute Gasteiger partial charge is 0.492 e. The minimum Gasteiger partial charge on any atom is -0.492 e. The molecule has 4 N–H and O–H groups in total. The summed E-state index contributed by atoms with van der Waals surface area (Å²) in [5.41, 5.74) is 5.25. The van der Waals surface area contributed by atoms with Crippen LogP contribution < -0.4 is 30.8 Å². The van der Waals surface area contributed by atoms with Crippen LogP contribution in [0.15, 0.2) is 78.3 Å². The lowest BCUT2D eigenvalue weighted by Gasteiger charge is -2.24. The van der Waals surface area contributed by atoms with E-state index >= 15 is 0 Å². The lowest BCUT2D eigenvalue weighted by molar-refractivity contribution is -0.121. The molecule has 0 unspecified atom stereocenters. The Hall–Kier alpha value is -4.44. The SMILES string of the molecule is Cc1ccc(OC2=CC=C3NC(NC(=O)C4CC4)=CN3N2)cc1NC(=O)c1cccc(OCCN2CCCC2)c1. The molecule has 3 heterocycles. The van der Waals surface area contributed by atoms with E-state index in [4.69, 9.17) is 9.47 Å². The van der Waals surface area contributed by atoms with E-state index in [1.165, 1.54) is 12.8 Å². The molecule has 0 radical (unpaired) electrons. The number of allylic oxidation sites excluding steroid dienone is 2. The molecule has 1 saturated heterocycles. The summed E-state index contributed by atoms with van der Waals surface area (Å²) in [7, 11) is 0. The molecular weight excluding hydrogens is 508 g/mol. The van der Waals surface area contributed by atoms with Crippen molar-refractivity contribution in [3.8, 4) is 11.5 Å². The fraction of sp³-hybridized carbons (Fsp3) is 0.333. The van der Waals surface area contributed by atoms with Crippen molar-refractivity contribution >= 4 is 17.5 Å². The van der Waals surface area contributed by atoms with Gasteiger partial charge in [-0.25, -0.2) is 5.01 Å². The smallest absolute Gasteiger partial charge is 0.255 e. The number of likely N-dealkylation sites (tertiary alicyclic amines) is 1. The number of amides is 2. The third kappa shape index (κ3) is 6.23. The Morgan fingerprint density at radius 1 is 1.02 bits per heavy atom. The number of aryl methyl sites for hydroxylation is 1. The molecule has 0 atom stereocenters. The number of rotatable bonds is 10. The van der Waals surface area contributed by atoms with Crippen molar-refractivity contribution in [1.29, 1.82) is 0 Å². The number of nitrogens with zero attached hydrogens (tertiary/aromatic N) is 2. The fourth-order valence-electron chi connectivity index (χ4n) is 4.80. The van der Waals surface area contributed by atoms with Gasteiger partial charge in [0.05, 0.1) is 6.20 Å². The topological polar surface area (TPSA) is 107 Å². The number of fused-ring (bicyclic) bond motifs is 1. The van der Waals surface area contributed by atoms with Gasteiger partial charge in [0.2, 0.25) is 11.8 Å². The van der Waals surface area contributed by atoms with E-state index < -0.39 is 0 Å². The number of hydrogen-bond donors (Lipinski definition) is 4. The highest BCUT2D eigenvalue weighted by molar-refractivity contribution is 6.05. The van der Waals surface area contributed by atoms with Gasteiger partial charge in [-0.15, -0.1) is 0 Å². The number of carbonyl (C=O) groups excluding carboxylic acids is 2. The molecule has 2 amide bonds. The number of ether oxygens (including phenoxy) is 2. The van der Waals surface area contributed by atoms with Gasteiger partial charge in [-0.2, -0.15) is 0 Å². The van der Waals surface area contributed by atoms with E-state index in [-0.39, 0.29) is 17.7 Å². The molecule has 0 spiro atoms. The molecule has 2 aromatic rings. The van der Waals surface area contributed by atoms with Gasteiger partial charge in [-0.3, -0.25) is 19.9 Å². The van der Waals surface area contributed by atoms with Crippen LogP contribution in [0.4, 0.5) is 5.69 Å². The minimum atomic E-state index is -0.220. The van der Waals surface area contributed by atoms with Crippen LogP contribution >= 0.6 is 0 Å². The zero-order chi connectivity index (χ0) is 27.5. The van der Waals surface area contributed by atoms with E-state index in [1.807, 2.05) is 37.3 Å². The highest BCUT2D eigenvalue weighted by Gasteiger charge is 2.31. The van der Waals surface area contributed by atoms with Gasteiger partial charge < -0.3 is 25.4 Å². The summed E-state index contributed by atoms with van der Waals surface area (Å²) in [5, 5.41) is 10.8. The van der Waals surface area contributed by atoms with Crippen LogP contribution in [0.5, 0.6) is 11.5 Å². The third-order valence-electron chi connectivity index (χ3n) is 7.27. The second kappa shape index (κ2) is 11.4. The Balaban J connectivity index is 1.05. The molecule has 10 heteroatoms. The van der Waals surface area contributed by atoms with Crippen LogP contribution in [-0.2, 0) is 4.79 Å². The maximum Gasteiger partial charge on any atom is 0.255 e. The van der Waals surface area contributed by atoms with Gasteiger partial charge in [0.25, 0.3) is 5.91 Å². The standard InChI is InChI=1S/C30H34N6O4/c1-20-7-10-24(40-28-12-11-27-32-26(19-36(27)34-28)33-29(37)21-8-9-21)18-25(20)31-30(38)22-5-4-6-23(17-22)39-16-15-35-13-2-3-14-35/h4-7,10-12,17-19,21,32,34H,2-3,8-9,13-16H2,1H3,(H,31,38)(H,33,37). The first kappa shape index (κ1) is 25.8. The van der Waals surface area contributed by atoms with Gasteiger partial charge in [-0.05, 0) is 81.6 Å². The number of nitrogens with one attached hydrogen (secondary N) is 4. The van der Waals surface area contributed by atoms with Crippen LogP contribution in [-0.4, -0.2) is 48.0 Å². The predicted molar refractivity (Wildman–Crippen MR) is 151 cm³/mol. The van der Waals surface area contributed by atoms with E-state index in [2.05, 4.69) is 26.3 Å². The molecule has 208 valence electrons. The number of carbonyl (C=O) groups is 2. The summed E-state index contributed by atoms with van der Waals surface area (Å²) in [6, 6.07) is 12.8.